The summed E-state index contributed by atoms with van der Waals surface area (Å²) < 4.78 is 5.74. The van der Waals surface area contributed by atoms with Crippen molar-refractivity contribution >= 4 is 0 Å². The Hall–Kier alpha value is -0.830. The maximum atomic E-state index is 5.74. The van der Waals surface area contributed by atoms with Crippen LogP contribution >= 0.6 is 0 Å². The fourth-order valence-corrected chi connectivity index (χ4v) is 1.40. The summed E-state index contributed by atoms with van der Waals surface area (Å²) in [6.45, 7) is 7.31. The molecule has 2 rings (SSSR count). The first-order valence-corrected chi connectivity index (χ1v) is 5.80. The molecule has 1 N–H and O–H groups in total. The maximum Gasteiger partial charge on any atom is 0.208 e. The Balaban J connectivity index is 1.96. The molecule has 1 fully saturated rings. The molecule has 0 amide bonds. The predicted octanol–water partition coefficient (Wildman–Crippen LogP) is 2.61. The van der Waals surface area contributed by atoms with Crippen LogP contribution in [0.25, 0.3) is 0 Å². The Bertz CT molecular complexity index is 326. The maximum absolute atomic E-state index is 5.74. The molecule has 3 heteroatoms. The van der Waals surface area contributed by atoms with Gasteiger partial charge in [-0.25, -0.2) is 4.98 Å². The molecule has 0 aromatic carbocycles. The van der Waals surface area contributed by atoms with Gasteiger partial charge in [0.1, 0.15) is 5.76 Å². The van der Waals surface area contributed by atoms with Crippen molar-refractivity contribution in [3.63, 3.8) is 0 Å². The highest BCUT2D eigenvalue weighted by Crippen LogP contribution is 2.27. The number of rotatable bonds is 5. The zero-order valence-corrected chi connectivity index (χ0v) is 9.84. The van der Waals surface area contributed by atoms with Gasteiger partial charge in [0, 0.05) is 11.5 Å². The quantitative estimate of drug-likeness (QED) is 0.808. The number of aromatic nitrogens is 1. The van der Waals surface area contributed by atoms with Crippen LogP contribution in [0.4, 0.5) is 0 Å². The molecule has 15 heavy (non-hydrogen) atoms. The van der Waals surface area contributed by atoms with E-state index in [2.05, 4.69) is 31.1 Å². The number of hydrogen-bond acceptors (Lipinski definition) is 3. The molecule has 0 spiro atoms. The van der Waals surface area contributed by atoms with Gasteiger partial charge in [-0.05, 0) is 19.3 Å². The highest BCUT2D eigenvalue weighted by atomic mass is 16.4. The molecule has 3 nitrogen and oxygen atoms in total. The van der Waals surface area contributed by atoms with Gasteiger partial charge in [0.05, 0.1) is 12.7 Å². The largest absolute Gasteiger partial charge is 0.444 e. The Kier molecular flexibility index (Phi) is 2.83. The van der Waals surface area contributed by atoms with E-state index >= 15 is 0 Å². The predicted molar refractivity (Wildman–Crippen MR) is 59.7 cm³/mol. The van der Waals surface area contributed by atoms with Crippen molar-refractivity contribution in [2.75, 3.05) is 0 Å². The first-order chi connectivity index (χ1) is 7.12. The summed E-state index contributed by atoms with van der Waals surface area (Å²) in [6, 6.07) is 0.708. The summed E-state index contributed by atoms with van der Waals surface area (Å²) in [5.74, 6) is 1.82. The van der Waals surface area contributed by atoms with Gasteiger partial charge in [-0.1, -0.05) is 20.8 Å². The Morgan fingerprint density at radius 1 is 1.53 bits per heavy atom. The van der Waals surface area contributed by atoms with Gasteiger partial charge in [0.2, 0.25) is 5.89 Å². The summed E-state index contributed by atoms with van der Waals surface area (Å²) in [6.07, 6.45) is 5.53. The van der Waals surface area contributed by atoms with Crippen molar-refractivity contribution in [1.82, 2.24) is 10.3 Å². The lowest BCUT2D eigenvalue weighted by atomic mass is 9.88. The van der Waals surface area contributed by atoms with Gasteiger partial charge in [-0.3, -0.25) is 0 Å². The van der Waals surface area contributed by atoms with Gasteiger partial charge in [-0.15, -0.1) is 0 Å². The van der Waals surface area contributed by atoms with Gasteiger partial charge < -0.3 is 9.73 Å². The fourth-order valence-electron chi connectivity index (χ4n) is 1.40. The molecule has 1 aromatic rings. The summed E-state index contributed by atoms with van der Waals surface area (Å²) in [4.78, 5) is 4.30. The van der Waals surface area contributed by atoms with Crippen LogP contribution in [-0.2, 0) is 12.0 Å². The minimum atomic E-state index is 0.102. The highest BCUT2D eigenvalue weighted by molar-refractivity contribution is 5.07. The number of oxazole rings is 1. The van der Waals surface area contributed by atoms with E-state index < -0.39 is 0 Å². The van der Waals surface area contributed by atoms with Crippen molar-refractivity contribution in [3.05, 3.63) is 17.8 Å². The Labute approximate surface area is 91.3 Å². The lowest BCUT2D eigenvalue weighted by Crippen LogP contribution is -2.16. The van der Waals surface area contributed by atoms with Crippen molar-refractivity contribution < 1.29 is 4.42 Å². The molecule has 0 bridgehead atoms. The smallest absolute Gasteiger partial charge is 0.208 e. The van der Waals surface area contributed by atoms with E-state index in [0.717, 1.165) is 24.6 Å². The van der Waals surface area contributed by atoms with E-state index in [4.69, 9.17) is 4.42 Å². The van der Waals surface area contributed by atoms with Crippen LogP contribution in [0.5, 0.6) is 0 Å². The second-order valence-electron chi connectivity index (χ2n) is 5.01. The topological polar surface area (TPSA) is 38.1 Å². The third-order valence-electron chi connectivity index (χ3n) is 3.22. The fraction of sp³-hybridized carbons (Fsp3) is 0.750. The summed E-state index contributed by atoms with van der Waals surface area (Å²) in [5, 5.41) is 3.40. The highest BCUT2D eigenvalue weighted by Gasteiger charge is 2.24. The minimum absolute atomic E-state index is 0.102. The van der Waals surface area contributed by atoms with Crippen LogP contribution in [0.15, 0.2) is 10.6 Å². The lowest BCUT2D eigenvalue weighted by Gasteiger charge is -2.18. The molecule has 0 radical (unpaired) electrons. The first kappa shape index (κ1) is 10.7. The van der Waals surface area contributed by atoms with Crippen LogP contribution in [0, 0.1) is 0 Å². The third-order valence-corrected chi connectivity index (χ3v) is 3.22. The molecule has 1 saturated carbocycles. The van der Waals surface area contributed by atoms with E-state index in [0.29, 0.717) is 6.04 Å². The average molecular weight is 208 g/mol. The summed E-state index contributed by atoms with van der Waals surface area (Å²) >= 11 is 0. The third kappa shape index (κ3) is 2.59. The van der Waals surface area contributed by atoms with Crippen LogP contribution in [0.2, 0.25) is 0 Å². The zero-order valence-electron chi connectivity index (χ0n) is 9.84. The normalized spacial score (nSPS) is 17.0. The lowest BCUT2D eigenvalue weighted by molar-refractivity contribution is 0.349. The zero-order chi connectivity index (χ0) is 10.9. The number of hydrogen-bond donors (Lipinski definition) is 1. The molecule has 0 atom stereocenters. The second kappa shape index (κ2) is 3.97. The van der Waals surface area contributed by atoms with E-state index in [-0.39, 0.29) is 5.41 Å². The van der Waals surface area contributed by atoms with Crippen LogP contribution in [0.3, 0.4) is 0 Å². The molecule has 0 saturated heterocycles. The number of nitrogens with zero attached hydrogens (tertiary/aromatic N) is 1. The van der Waals surface area contributed by atoms with Gasteiger partial charge in [-0.2, -0.15) is 0 Å². The Morgan fingerprint density at radius 2 is 2.27 bits per heavy atom. The standard InChI is InChI=1S/C12H20N2O/c1-4-12(2,3)10-7-14-11(15-10)8-13-9-5-6-9/h7,9,13H,4-6,8H2,1-3H3. The summed E-state index contributed by atoms with van der Waals surface area (Å²) in [5.41, 5.74) is 0.102. The molecule has 1 aliphatic rings. The van der Waals surface area contributed by atoms with Crippen LogP contribution in [-0.4, -0.2) is 11.0 Å². The van der Waals surface area contributed by atoms with Crippen molar-refractivity contribution in [2.24, 2.45) is 0 Å². The van der Waals surface area contributed by atoms with E-state index in [1.54, 1.807) is 0 Å². The van der Waals surface area contributed by atoms with E-state index in [1.807, 2.05) is 6.20 Å². The SMILES string of the molecule is CCC(C)(C)c1cnc(CNC2CC2)o1. The second-order valence-corrected chi connectivity index (χ2v) is 5.01. The molecular weight excluding hydrogens is 188 g/mol. The van der Waals surface area contributed by atoms with Gasteiger partial charge in [0.25, 0.3) is 0 Å². The molecule has 1 heterocycles. The minimum Gasteiger partial charge on any atom is -0.444 e. The Morgan fingerprint density at radius 3 is 2.87 bits per heavy atom. The molecule has 84 valence electrons. The molecule has 0 aliphatic heterocycles. The van der Waals surface area contributed by atoms with Crippen LogP contribution < -0.4 is 5.32 Å². The molecule has 1 aliphatic carbocycles. The first-order valence-electron chi connectivity index (χ1n) is 5.80. The molecule has 1 aromatic heterocycles. The summed E-state index contributed by atoms with van der Waals surface area (Å²) in [7, 11) is 0. The van der Waals surface area contributed by atoms with Gasteiger partial charge in [0.15, 0.2) is 0 Å². The van der Waals surface area contributed by atoms with E-state index in [1.165, 1.54) is 12.8 Å². The van der Waals surface area contributed by atoms with E-state index in [9.17, 15) is 0 Å². The number of nitrogens with one attached hydrogen (secondary N) is 1. The van der Waals surface area contributed by atoms with Gasteiger partial charge >= 0.3 is 0 Å². The average Bonchev–Trinajstić information content (AvgIpc) is 2.92. The molecule has 0 unspecified atom stereocenters. The van der Waals surface area contributed by atoms with Crippen molar-refractivity contribution in [3.8, 4) is 0 Å². The van der Waals surface area contributed by atoms with Crippen molar-refractivity contribution in [2.45, 2.75) is 58.0 Å². The monoisotopic (exact) mass is 208 g/mol. The van der Waals surface area contributed by atoms with Crippen LogP contribution in [0.1, 0.15) is 51.7 Å². The molecular formula is C12H20N2O. The van der Waals surface area contributed by atoms with Crippen molar-refractivity contribution in [1.29, 1.82) is 0 Å².